The molecule has 0 bridgehead atoms. The highest BCUT2D eigenvalue weighted by Crippen LogP contribution is 2.48. The van der Waals surface area contributed by atoms with E-state index in [1.165, 1.54) is 16.3 Å². The minimum absolute atomic E-state index is 0.0218. The van der Waals surface area contributed by atoms with E-state index < -0.39 is 11.9 Å². The van der Waals surface area contributed by atoms with E-state index in [-0.39, 0.29) is 30.2 Å². The van der Waals surface area contributed by atoms with E-state index in [2.05, 4.69) is 35.6 Å². The van der Waals surface area contributed by atoms with Crippen LogP contribution in [-0.2, 0) is 14.3 Å². The van der Waals surface area contributed by atoms with Crippen LogP contribution in [-0.4, -0.2) is 36.7 Å². The topological polar surface area (TPSA) is 75.6 Å². The number of carbonyl (C=O) groups excluding carboxylic acids is 1. The van der Waals surface area contributed by atoms with Crippen LogP contribution >= 0.6 is 0 Å². The molecular weight excluding hydrogens is 342 g/mol. The first kappa shape index (κ1) is 18.0. The summed E-state index contributed by atoms with van der Waals surface area (Å²) in [5.74, 6) is -1.12. The van der Waals surface area contributed by atoms with E-state index in [1.807, 2.05) is 12.1 Å². The Labute approximate surface area is 158 Å². The van der Waals surface area contributed by atoms with Crippen LogP contribution in [0.2, 0.25) is 0 Å². The number of carboxylic acids is 1. The van der Waals surface area contributed by atoms with E-state index in [0.717, 1.165) is 19.3 Å². The minimum Gasteiger partial charge on any atom is -0.481 e. The van der Waals surface area contributed by atoms with Gasteiger partial charge in [-0.3, -0.25) is 9.59 Å². The molecule has 1 saturated heterocycles. The second kappa shape index (κ2) is 7.69. The van der Waals surface area contributed by atoms with Gasteiger partial charge in [-0.2, -0.15) is 0 Å². The molecule has 1 aliphatic carbocycles. The van der Waals surface area contributed by atoms with Crippen molar-refractivity contribution in [2.24, 2.45) is 17.8 Å². The molecule has 1 amide bonds. The second-order valence-electron chi connectivity index (χ2n) is 7.69. The first-order valence-corrected chi connectivity index (χ1v) is 9.70. The molecule has 0 radical (unpaired) electrons. The molecule has 1 heterocycles. The van der Waals surface area contributed by atoms with Crippen molar-refractivity contribution in [3.63, 3.8) is 0 Å². The molecule has 4 rings (SSSR count). The van der Waals surface area contributed by atoms with Crippen LogP contribution in [0.25, 0.3) is 10.8 Å². The van der Waals surface area contributed by atoms with Crippen molar-refractivity contribution < 1.29 is 19.4 Å². The number of nitrogens with one attached hydrogen (secondary N) is 1. The maximum absolute atomic E-state index is 12.5. The average molecular weight is 367 g/mol. The van der Waals surface area contributed by atoms with Crippen molar-refractivity contribution in [2.45, 2.75) is 25.2 Å². The van der Waals surface area contributed by atoms with Gasteiger partial charge in [0.15, 0.2) is 0 Å². The summed E-state index contributed by atoms with van der Waals surface area (Å²) in [6, 6.07) is 14.6. The summed E-state index contributed by atoms with van der Waals surface area (Å²) < 4.78 is 5.32. The summed E-state index contributed by atoms with van der Waals surface area (Å²) in [7, 11) is 0. The predicted octanol–water partition coefficient (Wildman–Crippen LogP) is 3.19. The van der Waals surface area contributed by atoms with Crippen LogP contribution in [0.15, 0.2) is 42.5 Å². The largest absolute Gasteiger partial charge is 0.481 e. The third-order valence-corrected chi connectivity index (χ3v) is 5.98. The Morgan fingerprint density at radius 1 is 1.11 bits per heavy atom. The van der Waals surface area contributed by atoms with Gasteiger partial charge in [-0.15, -0.1) is 0 Å². The molecule has 2 aromatic carbocycles. The van der Waals surface area contributed by atoms with Gasteiger partial charge in [0.05, 0.1) is 5.92 Å². The summed E-state index contributed by atoms with van der Waals surface area (Å²) in [6.45, 7) is 1.42. The highest BCUT2D eigenvalue weighted by atomic mass is 16.5. The van der Waals surface area contributed by atoms with Gasteiger partial charge in [0.2, 0.25) is 5.91 Å². The number of hydrogen-bond donors (Lipinski definition) is 2. The number of carboxylic acid groups (broad SMARTS) is 1. The summed E-state index contributed by atoms with van der Waals surface area (Å²) >= 11 is 0. The molecule has 5 heteroatoms. The lowest BCUT2D eigenvalue weighted by Gasteiger charge is -2.27. The Bertz CT molecular complexity index is 843. The van der Waals surface area contributed by atoms with Crippen LogP contribution < -0.4 is 5.32 Å². The molecule has 3 atom stereocenters. The van der Waals surface area contributed by atoms with Crippen LogP contribution in [0.4, 0.5) is 0 Å². The summed E-state index contributed by atoms with van der Waals surface area (Å²) in [5.41, 5.74) is 1.19. The number of amides is 1. The molecule has 0 aromatic heterocycles. The van der Waals surface area contributed by atoms with Gasteiger partial charge in [-0.25, -0.2) is 0 Å². The van der Waals surface area contributed by atoms with Crippen molar-refractivity contribution in [3.8, 4) is 0 Å². The highest BCUT2D eigenvalue weighted by molar-refractivity contribution is 5.86. The molecule has 2 aromatic rings. The standard InChI is InChI=1S/C22H25NO4/c24-21(23-13-20(22(25)26)15-7-9-27-10-8-15)19-12-18(19)17-6-5-14-3-1-2-4-16(14)11-17/h1-6,11,15,18-20H,7-10,12-13H2,(H,23,24)(H,25,26). The van der Waals surface area contributed by atoms with E-state index in [0.29, 0.717) is 13.2 Å². The zero-order valence-corrected chi connectivity index (χ0v) is 15.3. The first-order chi connectivity index (χ1) is 13.1. The minimum atomic E-state index is -0.830. The molecule has 2 aliphatic rings. The van der Waals surface area contributed by atoms with Crippen molar-refractivity contribution in [2.75, 3.05) is 19.8 Å². The van der Waals surface area contributed by atoms with E-state index in [9.17, 15) is 14.7 Å². The lowest BCUT2D eigenvalue weighted by molar-refractivity contribution is -0.145. The van der Waals surface area contributed by atoms with Crippen molar-refractivity contribution in [1.29, 1.82) is 0 Å². The number of rotatable bonds is 6. The lowest BCUT2D eigenvalue weighted by atomic mass is 9.86. The molecule has 2 fully saturated rings. The predicted molar refractivity (Wildman–Crippen MR) is 102 cm³/mol. The zero-order valence-electron chi connectivity index (χ0n) is 15.3. The van der Waals surface area contributed by atoms with Gasteiger partial charge in [-0.1, -0.05) is 42.5 Å². The number of fused-ring (bicyclic) bond motifs is 1. The fourth-order valence-corrected chi connectivity index (χ4v) is 4.21. The average Bonchev–Trinajstić information content (AvgIpc) is 3.49. The third-order valence-electron chi connectivity index (χ3n) is 5.98. The van der Waals surface area contributed by atoms with E-state index in [4.69, 9.17) is 4.74 Å². The van der Waals surface area contributed by atoms with Crippen molar-refractivity contribution in [3.05, 3.63) is 48.0 Å². The van der Waals surface area contributed by atoms with E-state index >= 15 is 0 Å². The number of carbonyl (C=O) groups is 2. The fraction of sp³-hybridized carbons (Fsp3) is 0.455. The molecule has 0 spiro atoms. The fourth-order valence-electron chi connectivity index (χ4n) is 4.21. The van der Waals surface area contributed by atoms with Crippen molar-refractivity contribution in [1.82, 2.24) is 5.32 Å². The van der Waals surface area contributed by atoms with Crippen molar-refractivity contribution >= 4 is 22.6 Å². The maximum Gasteiger partial charge on any atom is 0.308 e. The molecule has 1 saturated carbocycles. The van der Waals surface area contributed by atoms with Gasteiger partial charge < -0.3 is 15.2 Å². The Morgan fingerprint density at radius 3 is 2.59 bits per heavy atom. The van der Waals surface area contributed by atoms with Crippen LogP contribution in [0.3, 0.4) is 0 Å². The lowest BCUT2D eigenvalue weighted by Crippen LogP contribution is -2.39. The number of benzene rings is 2. The molecule has 142 valence electrons. The monoisotopic (exact) mass is 367 g/mol. The van der Waals surface area contributed by atoms with Gasteiger partial charge >= 0.3 is 5.97 Å². The number of hydrogen-bond acceptors (Lipinski definition) is 3. The molecule has 27 heavy (non-hydrogen) atoms. The Morgan fingerprint density at radius 2 is 1.85 bits per heavy atom. The van der Waals surface area contributed by atoms with Gasteiger partial charge in [0, 0.05) is 25.7 Å². The van der Waals surface area contributed by atoms with Gasteiger partial charge in [-0.05, 0) is 47.4 Å². The molecule has 2 N–H and O–H groups in total. The normalized spacial score (nSPS) is 23.7. The number of ether oxygens (including phenoxy) is 1. The van der Waals surface area contributed by atoms with Crippen LogP contribution in [0.1, 0.15) is 30.7 Å². The second-order valence-corrected chi connectivity index (χ2v) is 7.69. The Balaban J connectivity index is 1.35. The molecular formula is C22H25NO4. The summed E-state index contributed by atoms with van der Waals surface area (Å²) in [4.78, 5) is 24.1. The zero-order chi connectivity index (χ0) is 18.8. The van der Waals surface area contributed by atoms with Crippen LogP contribution in [0, 0.1) is 17.8 Å². The first-order valence-electron chi connectivity index (χ1n) is 9.70. The summed E-state index contributed by atoms with van der Waals surface area (Å²) in [5, 5.41) is 14.8. The Kier molecular flexibility index (Phi) is 5.12. The molecule has 3 unspecified atom stereocenters. The number of aliphatic carboxylic acids is 1. The van der Waals surface area contributed by atoms with E-state index in [1.54, 1.807) is 0 Å². The highest BCUT2D eigenvalue weighted by Gasteiger charge is 2.44. The van der Waals surface area contributed by atoms with Gasteiger partial charge in [0.25, 0.3) is 0 Å². The van der Waals surface area contributed by atoms with Gasteiger partial charge in [0.1, 0.15) is 0 Å². The van der Waals surface area contributed by atoms with Crippen LogP contribution in [0.5, 0.6) is 0 Å². The SMILES string of the molecule is O=C(O)C(CNC(=O)C1CC1c1ccc2ccccc2c1)C1CCOCC1. The smallest absolute Gasteiger partial charge is 0.308 e. The molecule has 1 aliphatic heterocycles. The summed E-state index contributed by atoms with van der Waals surface area (Å²) in [6.07, 6.45) is 2.32. The molecule has 5 nitrogen and oxygen atoms in total. The Hall–Kier alpha value is -2.40. The maximum atomic E-state index is 12.5. The quantitative estimate of drug-likeness (QED) is 0.822. The third kappa shape index (κ3) is 3.98.